The maximum Gasteiger partial charge on any atom is 0.191 e. The molecule has 0 bridgehead atoms. The number of hydrogen-bond acceptors (Lipinski definition) is 3. The predicted molar refractivity (Wildman–Crippen MR) is 116 cm³/mol. The fourth-order valence-electron chi connectivity index (χ4n) is 2.17. The van der Waals surface area contributed by atoms with E-state index in [0.717, 1.165) is 63.8 Å². The summed E-state index contributed by atoms with van der Waals surface area (Å²) in [6.07, 6.45) is 4.23. The van der Waals surface area contributed by atoms with Crippen LogP contribution in [0.25, 0.3) is 0 Å². The maximum atomic E-state index is 5.55. The van der Waals surface area contributed by atoms with Gasteiger partial charge in [-0.1, -0.05) is 25.5 Å². The first-order valence-corrected chi connectivity index (χ1v) is 9.03. The van der Waals surface area contributed by atoms with Crippen molar-refractivity contribution >= 4 is 29.9 Å². The lowest BCUT2D eigenvalue weighted by atomic mass is 10.1. The topological polar surface area (TPSA) is 54.9 Å². The van der Waals surface area contributed by atoms with Crippen molar-refractivity contribution in [2.24, 2.45) is 4.99 Å². The van der Waals surface area contributed by atoms with E-state index in [4.69, 9.17) is 9.47 Å². The summed E-state index contributed by atoms with van der Waals surface area (Å²) < 4.78 is 10.7. The number of guanidine groups is 1. The quantitative estimate of drug-likeness (QED) is 0.215. The van der Waals surface area contributed by atoms with E-state index >= 15 is 0 Å². The smallest absolute Gasteiger partial charge is 0.191 e. The van der Waals surface area contributed by atoms with Gasteiger partial charge in [0, 0.05) is 32.8 Å². The SMILES string of the molecule is CCCCOCCCN=C(NCC)NCCc1ccc(OC)cc1.I. The van der Waals surface area contributed by atoms with Gasteiger partial charge in [0.1, 0.15) is 5.75 Å². The van der Waals surface area contributed by atoms with Crippen LogP contribution in [-0.2, 0) is 11.2 Å². The van der Waals surface area contributed by atoms with Crippen LogP contribution >= 0.6 is 24.0 Å². The number of halogens is 1. The molecule has 144 valence electrons. The van der Waals surface area contributed by atoms with Crippen molar-refractivity contribution in [3.8, 4) is 5.75 Å². The van der Waals surface area contributed by atoms with E-state index in [1.54, 1.807) is 7.11 Å². The molecule has 1 rings (SSSR count). The second kappa shape index (κ2) is 16.4. The van der Waals surface area contributed by atoms with Crippen LogP contribution in [0.2, 0.25) is 0 Å². The van der Waals surface area contributed by atoms with Crippen LogP contribution in [0.1, 0.15) is 38.7 Å². The van der Waals surface area contributed by atoms with Crippen molar-refractivity contribution in [1.29, 1.82) is 0 Å². The molecule has 2 N–H and O–H groups in total. The van der Waals surface area contributed by atoms with E-state index in [9.17, 15) is 0 Å². The van der Waals surface area contributed by atoms with E-state index in [2.05, 4.69) is 41.6 Å². The van der Waals surface area contributed by atoms with Gasteiger partial charge in [-0.15, -0.1) is 24.0 Å². The fraction of sp³-hybridized carbons (Fsp3) is 0.632. The summed E-state index contributed by atoms with van der Waals surface area (Å²) in [4.78, 5) is 4.58. The van der Waals surface area contributed by atoms with Gasteiger partial charge in [-0.2, -0.15) is 0 Å². The van der Waals surface area contributed by atoms with Gasteiger partial charge in [-0.3, -0.25) is 4.99 Å². The Hall–Kier alpha value is -1.02. The zero-order valence-electron chi connectivity index (χ0n) is 15.8. The van der Waals surface area contributed by atoms with Gasteiger partial charge >= 0.3 is 0 Å². The molecule has 0 heterocycles. The van der Waals surface area contributed by atoms with E-state index < -0.39 is 0 Å². The molecular weight excluding hydrogens is 429 g/mol. The molecule has 25 heavy (non-hydrogen) atoms. The molecular formula is C19H34IN3O2. The molecule has 1 aromatic carbocycles. The van der Waals surface area contributed by atoms with Crippen LogP contribution in [0, 0.1) is 0 Å². The van der Waals surface area contributed by atoms with Gasteiger partial charge in [-0.05, 0) is 43.9 Å². The summed E-state index contributed by atoms with van der Waals surface area (Å²) in [5, 5.41) is 6.65. The first-order valence-electron chi connectivity index (χ1n) is 9.03. The molecule has 0 spiro atoms. The molecule has 0 unspecified atom stereocenters. The molecule has 0 aromatic heterocycles. The summed E-state index contributed by atoms with van der Waals surface area (Å²) in [6, 6.07) is 8.18. The molecule has 0 fully saturated rings. The average Bonchev–Trinajstić information content (AvgIpc) is 2.61. The van der Waals surface area contributed by atoms with Gasteiger partial charge < -0.3 is 20.1 Å². The second-order valence-electron chi connectivity index (χ2n) is 5.60. The minimum atomic E-state index is 0. The minimum Gasteiger partial charge on any atom is -0.497 e. The first kappa shape index (κ1) is 24.0. The lowest BCUT2D eigenvalue weighted by Gasteiger charge is -2.11. The van der Waals surface area contributed by atoms with Gasteiger partial charge in [0.05, 0.1) is 7.11 Å². The largest absolute Gasteiger partial charge is 0.497 e. The van der Waals surface area contributed by atoms with Crippen molar-refractivity contribution in [1.82, 2.24) is 10.6 Å². The number of hydrogen-bond donors (Lipinski definition) is 2. The molecule has 0 radical (unpaired) electrons. The van der Waals surface area contributed by atoms with Crippen LogP contribution in [0.5, 0.6) is 5.75 Å². The van der Waals surface area contributed by atoms with E-state index in [1.807, 2.05) is 12.1 Å². The predicted octanol–water partition coefficient (Wildman–Crippen LogP) is 3.62. The Labute approximate surface area is 170 Å². The molecule has 0 aliphatic heterocycles. The summed E-state index contributed by atoms with van der Waals surface area (Å²) in [7, 11) is 1.69. The van der Waals surface area contributed by atoms with Gasteiger partial charge in [-0.25, -0.2) is 0 Å². The minimum absolute atomic E-state index is 0. The lowest BCUT2D eigenvalue weighted by Crippen LogP contribution is -2.38. The number of unbranched alkanes of at least 4 members (excludes halogenated alkanes) is 1. The zero-order valence-corrected chi connectivity index (χ0v) is 18.2. The molecule has 0 atom stereocenters. The molecule has 6 heteroatoms. The van der Waals surface area contributed by atoms with Crippen molar-refractivity contribution < 1.29 is 9.47 Å². The normalized spacial score (nSPS) is 10.9. The molecule has 0 saturated heterocycles. The van der Waals surface area contributed by atoms with Gasteiger partial charge in [0.15, 0.2) is 5.96 Å². The van der Waals surface area contributed by atoms with Crippen molar-refractivity contribution in [2.45, 2.75) is 39.5 Å². The zero-order chi connectivity index (χ0) is 17.5. The number of ether oxygens (including phenoxy) is 2. The number of benzene rings is 1. The summed E-state index contributed by atoms with van der Waals surface area (Å²) in [5.74, 6) is 1.77. The Bertz CT molecular complexity index is 452. The Morgan fingerprint density at radius 3 is 2.40 bits per heavy atom. The molecule has 0 saturated carbocycles. The number of rotatable bonds is 12. The highest BCUT2D eigenvalue weighted by Crippen LogP contribution is 2.11. The third-order valence-corrected chi connectivity index (χ3v) is 3.57. The third-order valence-electron chi connectivity index (χ3n) is 3.57. The van der Waals surface area contributed by atoms with Crippen LogP contribution in [0.15, 0.2) is 29.3 Å². The third kappa shape index (κ3) is 12.0. The van der Waals surface area contributed by atoms with Crippen LogP contribution in [-0.4, -0.2) is 45.9 Å². The van der Waals surface area contributed by atoms with Crippen LogP contribution in [0.4, 0.5) is 0 Å². The van der Waals surface area contributed by atoms with E-state index in [-0.39, 0.29) is 24.0 Å². The van der Waals surface area contributed by atoms with E-state index in [0.29, 0.717) is 0 Å². The maximum absolute atomic E-state index is 5.55. The Morgan fingerprint density at radius 1 is 1.04 bits per heavy atom. The fourth-order valence-corrected chi connectivity index (χ4v) is 2.17. The number of aliphatic imine (C=N–C) groups is 1. The lowest BCUT2D eigenvalue weighted by molar-refractivity contribution is 0.130. The highest BCUT2D eigenvalue weighted by molar-refractivity contribution is 14.0. The Kier molecular flexibility index (Phi) is 15.8. The highest BCUT2D eigenvalue weighted by Gasteiger charge is 1.98. The molecule has 5 nitrogen and oxygen atoms in total. The second-order valence-corrected chi connectivity index (χ2v) is 5.60. The number of nitrogens with one attached hydrogen (secondary N) is 2. The van der Waals surface area contributed by atoms with Crippen LogP contribution in [0.3, 0.4) is 0 Å². The molecule has 0 amide bonds. The Morgan fingerprint density at radius 2 is 1.76 bits per heavy atom. The number of nitrogens with zero attached hydrogens (tertiary/aromatic N) is 1. The molecule has 0 aliphatic carbocycles. The Balaban J connectivity index is 0.00000576. The average molecular weight is 463 g/mol. The molecule has 1 aromatic rings. The summed E-state index contributed by atoms with van der Waals surface area (Å²) in [6.45, 7) is 8.40. The van der Waals surface area contributed by atoms with Gasteiger partial charge in [0.2, 0.25) is 0 Å². The standard InChI is InChI=1S/C19H33N3O2.HI/c1-4-6-15-24-16-7-13-21-19(20-5-2)22-14-12-17-8-10-18(23-3)11-9-17;/h8-11H,4-7,12-16H2,1-3H3,(H2,20,21,22);1H. The summed E-state index contributed by atoms with van der Waals surface area (Å²) >= 11 is 0. The first-order chi connectivity index (χ1) is 11.8. The molecule has 0 aliphatic rings. The monoisotopic (exact) mass is 463 g/mol. The van der Waals surface area contributed by atoms with Crippen molar-refractivity contribution in [3.63, 3.8) is 0 Å². The van der Waals surface area contributed by atoms with Crippen molar-refractivity contribution in [2.75, 3.05) is 40.0 Å². The van der Waals surface area contributed by atoms with Crippen molar-refractivity contribution in [3.05, 3.63) is 29.8 Å². The number of methoxy groups -OCH3 is 1. The van der Waals surface area contributed by atoms with Gasteiger partial charge in [0.25, 0.3) is 0 Å². The van der Waals surface area contributed by atoms with E-state index in [1.165, 1.54) is 12.0 Å². The summed E-state index contributed by atoms with van der Waals surface area (Å²) in [5.41, 5.74) is 1.28. The highest BCUT2D eigenvalue weighted by atomic mass is 127. The van der Waals surface area contributed by atoms with Crippen LogP contribution < -0.4 is 15.4 Å².